The minimum atomic E-state index is -0.689. The molecule has 0 rings (SSSR count). The van der Waals surface area contributed by atoms with Crippen molar-refractivity contribution < 1.29 is 19.1 Å². The Kier molecular flexibility index (Phi) is 8.66. The molecule has 0 aromatic heterocycles. The number of hydrogen-bond acceptors (Lipinski definition) is 4. The number of carbonyl (C=O) groups excluding carboxylic acids is 3. The predicted octanol–water partition coefficient (Wildman–Crippen LogP) is 1.24. The Morgan fingerprint density at radius 2 is 1.38 bits per heavy atom. The lowest BCUT2D eigenvalue weighted by Gasteiger charge is -2.23. The molecule has 0 aliphatic carbocycles. The van der Waals surface area contributed by atoms with Crippen molar-refractivity contribution >= 4 is 17.8 Å². The van der Waals surface area contributed by atoms with Crippen LogP contribution in [0.4, 0.5) is 0 Å². The molecule has 1 unspecified atom stereocenters. The lowest BCUT2D eigenvalue weighted by Crippen LogP contribution is -2.52. The number of rotatable bonds is 8. The van der Waals surface area contributed by atoms with Gasteiger partial charge in [0.25, 0.3) is 0 Å². The van der Waals surface area contributed by atoms with E-state index in [0.717, 1.165) is 0 Å². The van der Waals surface area contributed by atoms with Gasteiger partial charge >= 0.3 is 5.97 Å². The second-order valence-electron chi connectivity index (χ2n) is 6.10. The summed E-state index contributed by atoms with van der Waals surface area (Å²) in [5, 5.41) is 5.31. The highest BCUT2D eigenvalue weighted by Crippen LogP contribution is 2.09. The number of nitrogens with one attached hydrogen (secondary N) is 2. The summed E-state index contributed by atoms with van der Waals surface area (Å²) in [5.41, 5.74) is 0. The van der Waals surface area contributed by atoms with Gasteiger partial charge in [0.05, 0.1) is 7.11 Å². The van der Waals surface area contributed by atoms with Crippen LogP contribution in [0.25, 0.3) is 0 Å². The Bertz CT molecular complexity index is 367. The summed E-state index contributed by atoms with van der Waals surface area (Å²) in [7, 11) is 1.29. The van der Waals surface area contributed by atoms with Crippen LogP contribution in [0, 0.1) is 11.8 Å². The van der Waals surface area contributed by atoms with Gasteiger partial charge in [-0.2, -0.15) is 0 Å². The molecule has 0 saturated heterocycles. The third-order valence-corrected chi connectivity index (χ3v) is 2.91. The third kappa shape index (κ3) is 8.32. The molecule has 0 heterocycles. The van der Waals surface area contributed by atoms with E-state index in [9.17, 15) is 14.4 Å². The molecule has 0 bridgehead atoms. The van der Waals surface area contributed by atoms with E-state index in [4.69, 9.17) is 4.74 Å². The number of methoxy groups -OCH3 is 1. The summed E-state index contributed by atoms with van der Waals surface area (Å²) in [4.78, 5) is 35.2. The van der Waals surface area contributed by atoms with Gasteiger partial charge < -0.3 is 15.4 Å². The number of ether oxygens (including phenoxy) is 1. The zero-order valence-electron chi connectivity index (χ0n) is 13.9. The minimum absolute atomic E-state index is 0.235. The molecule has 21 heavy (non-hydrogen) atoms. The summed E-state index contributed by atoms with van der Waals surface area (Å²) in [6.07, 6.45) is 1.01. The largest absolute Gasteiger partial charge is 0.467 e. The zero-order valence-corrected chi connectivity index (χ0v) is 13.9. The van der Waals surface area contributed by atoms with Crippen molar-refractivity contribution in [1.29, 1.82) is 0 Å². The molecule has 6 heteroatoms. The summed E-state index contributed by atoms with van der Waals surface area (Å²) in [6, 6.07) is -1.33. The summed E-state index contributed by atoms with van der Waals surface area (Å²) >= 11 is 0. The molecule has 0 aromatic rings. The van der Waals surface area contributed by atoms with Gasteiger partial charge in [-0.1, -0.05) is 27.7 Å². The van der Waals surface area contributed by atoms with Crippen molar-refractivity contribution in [3.05, 3.63) is 0 Å². The van der Waals surface area contributed by atoms with Gasteiger partial charge in [-0.15, -0.1) is 0 Å². The van der Waals surface area contributed by atoms with Crippen LogP contribution >= 0.6 is 0 Å². The van der Waals surface area contributed by atoms with E-state index < -0.39 is 18.1 Å². The molecular weight excluding hydrogens is 272 g/mol. The molecule has 122 valence electrons. The molecule has 0 aliphatic rings. The van der Waals surface area contributed by atoms with Crippen LogP contribution in [-0.4, -0.2) is 37.0 Å². The fourth-order valence-corrected chi connectivity index (χ4v) is 2.05. The summed E-state index contributed by atoms with van der Waals surface area (Å²) < 4.78 is 4.72. The number of amides is 2. The normalized spacial score (nSPS) is 13.7. The Hall–Kier alpha value is -1.59. The monoisotopic (exact) mass is 300 g/mol. The highest BCUT2D eigenvalue weighted by Gasteiger charge is 2.27. The van der Waals surface area contributed by atoms with E-state index >= 15 is 0 Å². The Morgan fingerprint density at radius 3 is 1.76 bits per heavy atom. The second-order valence-corrected chi connectivity index (χ2v) is 6.10. The van der Waals surface area contributed by atoms with Gasteiger partial charge in [-0.3, -0.25) is 9.59 Å². The fourth-order valence-electron chi connectivity index (χ4n) is 2.05. The van der Waals surface area contributed by atoms with Crippen molar-refractivity contribution in [2.75, 3.05) is 7.11 Å². The van der Waals surface area contributed by atoms with Crippen LogP contribution in [0.15, 0.2) is 0 Å². The molecule has 2 amide bonds. The maximum absolute atomic E-state index is 12.3. The molecule has 0 aromatic carbocycles. The van der Waals surface area contributed by atoms with Crippen LogP contribution in [0.5, 0.6) is 0 Å². The fraction of sp³-hybridized carbons (Fsp3) is 0.800. The summed E-state index contributed by atoms with van der Waals surface area (Å²) in [5.74, 6) is -0.611. The average Bonchev–Trinajstić information content (AvgIpc) is 2.34. The Labute approximate surface area is 127 Å². The lowest BCUT2D eigenvalue weighted by molar-refractivity contribution is -0.145. The van der Waals surface area contributed by atoms with Crippen LogP contribution in [-0.2, 0) is 19.1 Å². The van der Waals surface area contributed by atoms with Gasteiger partial charge in [0.15, 0.2) is 0 Å². The van der Waals surface area contributed by atoms with Crippen molar-refractivity contribution in [2.24, 2.45) is 11.8 Å². The number of hydrogen-bond donors (Lipinski definition) is 2. The van der Waals surface area contributed by atoms with Gasteiger partial charge in [0, 0.05) is 6.92 Å². The van der Waals surface area contributed by atoms with E-state index in [-0.39, 0.29) is 23.7 Å². The first-order valence-electron chi connectivity index (χ1n) is 7.32. The predicted molar refractivity (Wildman–Crippen MR) is 80.5 cm³/mol. The first kappa shape index (κ1) is 19.4. The smallest absolute Gasteiger partial charge is 0.328 e. The number of carbonyl (C=O) groups is 3. The van der Waals surface area contributed by atoms with Crippen LogP contribution < -0.4 is 10.6 Å². The molecule has 6 nitrogen and oxygen atoms in total. The Balaban J connectivity index is 4.87. The average molecular weight is 300 g/mol. The third-order valence-electron chi connectivity index (χ3n) is 2.91. The first-order chi connectivity index (χ1) is 9.67. The lowest BCUT2D eigenvalue weighted by atomic mass is 10.0. The van der Waals surface area contributed by atoms with Crippen molar-refractivity contribution in [2.45, 2.75) is 59.5 Å². The SMILES string of the molecule is COC(=O)[C@H](CC(C)C)NC(=O)C(CC(C)C)NC(C)=O. The van der Waals surface area contributed by atoms with Crippen LogP contribution in [0.1, 0.15) is 47.5 Å². The minimum Gasteiger partial charge on any atom is -0.467 e. The van der Waals surface area contributed by atoms with Gasteiger partial charge in [0.2, 0.25) is 11.8 Å². The Morgan fingerprint density at radius 1 is 0.905 bits per heavy atom. The van der Waals surface area contributed by atoms with Crippen LogP contribution in [0.2, 0.25) is 0 Å². The topological polar surface area (TPSA) is 84.5 Å². The van der Waals surface area contributed by atoms with E-state index in [1.54, 1.807) is 0 Å². The standard InChI is InChI=1S/C15H28N2O4/c1-9(2)7-12(16-11(5)18)14(19)17-13(8-10(3)4)15(20)21-6/h9-10,12-13H,7-8H2,1-6H3,(H,16,18)(H,17,19)/t12?,13-/m0/s1. The zero-order chi connectivity index (χ0) is 16.6. The highest BCUT2D eigenvalue weighted by atomic mass is 16.5. The maximum atomic E-state index is 12.3. The molecule has 2 atom stereocenters. The molecule has 2 N–H and O–H groups in total. The maximum Gasteiger partial charge on any atom is 0.328 e. The van der Waals surface area contributed by atoms with E-state index in [1.165, 1.54) is 14.0 Å². The van der Waals surface area contributed by atoms with Gasteiger partial charge in [-0.05, 0) is 24.7 Å². The molecule has 0 radical (unpaired) electrons. The van der Waals surface area contributed by atoms with Crippen molar-refractivity contribution in [1.82, 2.24) is 10.6 Å². The first-order valence-corrected chi connectivity index (χ1v) is 7.32. The molecule has 0 fully saturated rings. The van der Waals surface area contributed by atoms with Crippen molar-refractivity contribution in [3.63, 3.8) is 0 Å². The molecule has 0 aliphatic heterocycles. The van der Waals surface area contributed by atoms with Crippen molar-refractivity contribution in [3.8, 4) is 0 Å². The van der Waals surface area contributed by atoms with Gasteiger partial charge in [-0.25, -0.2) is 4.79 Å². The number of esters is 1. The van der Waals surface area contributed by atoms with Crippen LogP contribution in [0.3, 0.4) is 0 Å². The van der Waals surface area contributed by atoms with E-state index in [0.29, 0.717) is 12.8 Å². The molecule has 0 saturated carbocycles. The molecule has 0 spiro atoms. The summed E-state index contributed by atoms with van der Waals surface area (Å²) in [6.45, 7) is 9.22. The van der Waals surface area contributed by atoms with E-state index in [2.05, 4.69) is 10.6 Å². The quantitative estimate of drug-likeness (QED) is 0.661. The highest BCUT2D eigenvalue weighted by molar-refractivity contribution is 5.90. The van der Waals surface area contributed by atoms with Gasteiger partial charge in [0.1, 0.15) is 12.1 Å². The molecular formula is C15H28N2O4. The second kappa shape index (κ2) is 9.37. The van der Waals surface area contributed by atoms with E-state index in [1.807, 2.05) is 27.7 Å².